The van der Waals surface area contributed by atoms with Gasteiger partial charge in [-0.05, 0) is 32.0 Å². The second-order valence-corrected chi connectivity index (χ2v) is 6.00. The smallest absolute Gasteiger partial charge is 0.332 e. The monoisotopic (exact) mass is 361 g/mol. The molecule has 1 N–H and O–H groups in total. The minimum absolute atomic E-state index is 0.0794. The highest BCUT2D eigenvalue weighted by Gasteiger charge is 2.26. The molecular formula is C18H15N7O2. The number of fused-ring (bicyclic) bond motifs is 1. The lowest BCUT2D eigenvalue weighted by molar-refractivity contribution is -0.384. The lowest BCUT2D eigenvalue weighted by Crippen LogP contribution is -2.10. The third kappa shape index (κ3) is 2.95. The van der Waals surface area contributed by atoms with Crippen molar-refractivity contribution in [1.82, 2.24) is 24.7 Å². The summed E-state index contributed by atoms with van der Waals surface area (Å²) in [6, 6.07) is 11.1. The van der Waals surface area contributed by atoms with Crippen molar-refractivity contribution in [1.29, 1.82) is 0 Å². The molecular weight excluding hydrogens is 346 g/mol. The number of aromatic nitrogens is 5. The fourth-order valence-corrected chi connectivity index (χ4v) is 2.96. The molecule has 0 saturated carbocycles. The van der Waals surface area contributed by atoms with Gasteiger partial charge in [0, 0.05) is 17.3 Å². The van der Waals surface area contributed by atoms with Crippen molar-refractivity contribution in [3.8, 4) is 5.82 Å². The number of pyridine rings is 1. The van der Waals surface area contributed by atoms with Gasteiger partial charge >= 0.3 is 5.69 Å². The van der Waals surface area contributed by atoms with E-state index in [-0.39, 0.29) is 17.3 Å². The van der Waals surface area contributed by atoms with E-state index in [0.717, 1.165) is 16.8 Å². The SMILES string of the molecule is Cc1cc(C)n(-c2ncnc(Nc3cccc4cccnc34)c2[N+](=O)[O-])n1. The van der Waals surface area contributed by atoms with E-state index < -0.39 is 4.92 Å². The molecule has 3 heterocycles. The lowest BCUT2D eigenvalue weighted by atomic mass is 10.2. The van der Waals surface area contributed by atoms with Gasteiger partial charge in [0.1, 0.15) is 6.33 Å². The van der Waals surface area contributed by atoms with Gasteiger partial charge in [-0.25, -0.2) is 14.6 Å². The molecule has 0 spiro atoms. The highest BCUT2D eigenvalue weighted by atomic mass is 16.6. The van der Waals surface area contributed by atoms with Gasteiger partial charge in [-0.15, -0.1) is 0 Å². The Kier molecular flexibility index (Phi) is 3.96. The number of rotatable bonds is 4. The van der Waals surface area contributed by atoms with Crippen LogP contribution in [0.3, 0.4) is 0 Å². The van der Waals surface area contributed by atoms with Crippen molar-refractivity contribution in [3.05, 3.63) is 70.4 Å². The fraction of sp³-hybridized carbons (Fsp3) is 0.111. The zero-order valence-electron chi connectivity index (χ0n) is 14.6. The van der Waals surface area contributed by atoms with Crippen LogP contribution in [0.5, 0.6) is 0 Å². The Morgan fingerprint density at radius 1 is 1.11 bits per heavy atom. The van der Waals surface area contributed by atoms with Crippen LogP contribution >= 0.6 is 0 Å². The molecule has 1 aromatic carbocycles. The number of hydrogen-bond acceptors (Lipinski definition) is 7. The molecule has 0 radical (unpaired) electrons. The summed E-state index contributed by atoms with van der Waals surface area (Å²) in [5.41, 5.74) is 2.55. The van der Waals surface area contributed by atoms with Crippen LogP contribution in [0.25, 0.3) is 16.7 Å². The topological polar surface area (TPSA) is 112 Å². The summed E-state index contributed by atoms with van der Waals surface area (Å²) in [5.74, 6) is 0.187. The minimum Gasteiger partial charge on any atom is -0.332 e. The molecule has 0 bridgehead atoms. The molecule has 0 unspecified atom stereocenters. The summed E-state index contributed by atoms with van der Waals surface area (Å²) in [4.78, 5) is 23.9. The van der Waals surface area contributed by atoms with Crippen LogP contribution in [-0.2, 0) is 0 Å². The van der Waals surface area contributed by atoms with E-state index in [9.17, 15) is 10.1 Å². The first-order chi connectivity index (χ1) is 13.0. The molecule has 4 aromatic rings. The van der Waals surface area contributed by atoms with Crippen LogP contribution in [0.15, 0.2) is 48.9 Å². The molecule has 9 heteroatoms. The Balaban J connectivity index is 1.87. The van der Waals surface area contributed by atoms with Crippen molar-refractivity contribution in [2.75, 3.05) is 5.32 Å². The molecule has 134 valence electrons. The summed E-state index contributed by atoms with van der Waals surface area (Å²) < 4.78 is 1.45. The second-order valence-electron chi connectivity index (χ2n) is 6.00. The second kappa shape index (κ2) is 6.45. The molecule has 9 nitrogen and oxygen atoms in total. The zero-order valence-corrected chi connectivity index (χ0v) is 14.6. The molecule has 0 amide bonds. The van der Waals surface area contributed by atoms with Crippen LogP contribution in [-0.4, -0.2) is 29.7 Å². The third-order valence-corrected chi connectivity index (χ3v) is 4.08. The molecule has 0 aliphatic rings. The van der Waals surface area contributed by atoms with Gasteiger partial charge in [0.15, 0.2) is 0 Å². The molecule has 3 aromatic heterocycles. The molecule has 0 atom stereocenters. The third-order valence-electron chi connectivity index (χ3n) is 4.08. The van der Waals surface area contributed by atoms with E-state index in [1.807, 2.05) is 44.2 Å². The zero-order chi connectivity index (χ0) is 19.0. The van der Waals surface area contributed by atoms with Gasteiger partial charge in [0.2, 0.25) is 11.6 Å². The maximum Gasteiger partial charge on any atom is 0.355 e. The van der Waals surface area contributed by atoms with Gasteiger partial charge in [-0.3, -0.25) is 15.1 Å². The Bertz CT molecular complexity index is 1160. The number of benzene rings is 1. The van der Waals surface area contributed by atoms with E-state index in [4.69, 9.17) is 0 Å². The Morgan fingerprint density at radius 2 is 1.93 bits per heavy atom. The van der Waals surface area contributed by atoms with Gasteiger partial charge in [0.05, 0.1) is 21.8 Å². The first-order valence-electron chi connectivity index (χ1n) is 8.18. The van der Waals surface area contributed by atoms with E-state index in [0.29, 0.717) is 11.2 Å². The molecule has 0 saturated heterocycles. The average Bonchev–Trinajstić information content (AvgIpc) is 2.99. The fourth-order valence-electron chi connectivity index (χ4n) is 2.96. The number of anilines is 2. The van der Waals surface area contributed by atoms with E-state index in [1.165, 1.54) is 11.0 Å². The van der Waals surface area contributed by atoms with Crippen molar-refractivity contribution in [2.24, 2.45) is 0 Å². The summed E-state index contributed by atoms with van der Waals surface area (Å²) in [5, 5.41) is 20.1. The molecule has 4 rings (SSSR count). The summed E-state index contributed by atoms with van der Waals surface area (Å²) in [6.07, 6.45) is 2.95. The van der Waals surface area contributed by atoms with Crippen molar-refractivity contribution in [3.63, 3.8) is 0 Å². The maximum absolute atomic E-state index is 11.8. The number of para-hydroxylation sites is 1. The normalized spacial score (nSPS) is 10.9. The predicted octanol–water partition coefficient (Wildman–Crippen LogP) is 3.48. The quantitative estimate of drug-likeness (QED) is 0.437. The Labute approximate surface area is 153 Å². The maximum atomic E-state index is 11.8. The largest absolute Gasteiger partial charge is 0.355 e. The number of nitrogens with one attached hydrogen (secondary N) is 1. The van der Waals surface area contributed by atoms with Gasteiger partial charge < -0.3 is 5.32 Å². The Morgan fingerprint density at radius 3 is 2.67 bits per heavy atom. The highest BCUT2D eigenvalue weighted by molar-refractivity contribution is 5.92. The van der Waals surface area contributed by atoms with Gasteiger partial charge in [-0.1, -0.05) is 18.2 Å². The van der Waals surface area contributed by atoms with E-state index in [1.54, 1.807) is 12.3 Å². The number of hydrogen-bond donors (Lipinski definition) is 1. The van der Waals surface area contributed by atoms with Crippen molar-refractivity contribution < 1.29 is 4.92 Å². The van der Waals surface area contributed by atoms with E-state index >= 15 is 0 Å². The standard InChI is InChI=1S/C18H15N7O2/c1-11-9-12(2)24(23-11)18-16(25(26)27)17(20-10-21-18)22-14-7-3-5-13-6-4-8-19-15(13)14/h3-10H,1-2H3,(H,20,21,22). The van der Waals surface area contributed by atoms with Crippen LogP contribution in [0.1, 0.15) is 11.4 Å². The first kappa shape index (κ1) is 16.6. The lowest BCUT2D eigenvalue weighted by Gasteiger charge is -2.11. The van der Waals surface area contributed by atoms with Crippen LogP contribution in [0.4, 0.5) is 17.2 Å². The summed E-state index contributed by atoms with van der Waals surface area (Å²) in [7, 11) is 0. The number of aryl methyl sites for hydroxylation is 2. The Hall–Kier alpha value is -3.88. The average molecular weight is 361 g/mol. The molecule has 27 heavy (non-hydrogen) atoms. The van der Waals surface area contributed by atoms with E-state index in [2.05, 4.69) is 25.4 Å². The number of nitrogens with zero attached hydrogens (tertiary/aromatic N) is 6. The van der Waals surface area contributed by atoms with Crippen LogP contribution in [0, 0.1) is 24.0 Å². The van der Waals surface area contributed by atoms with Crippen LogP contribution < -0.4 is 5.32 Å². The van der Waals surface area contributed by atoms with Gasteiger partial charge in [-0.2, -0.15) is 5.10 Å². The molecule has 0 fully saturated rings. The van der Waals surface area contributed by atoms with Crippen molar-refractivity contribution in [2.45, 2.75) is 13.8 Å². The molecule has 0 aliphatic heterocycles. The minimum atomic E-state index is -0.507. The predicted molar refractivity (Wildman–Crippen MR) is 100 cm³/mol. The first-order valence-corrected chi connectivity index (χ1v) is 8.18. The molecule has 0 aliphatic carbocycles. The highest BCUT2D eigenvalue weighted by Crippen LogP contribution is 2.32. The van der Waals surface area contributed by atoms with Gasteiger partial charge in [0.25, 0.3) is 0 Å². The summed E-state index contributed by atoms with van der Waals surface area (Å²) in [6.45, 7) is 3.63. The number of nitro groups is 1. The van der Waals surface area contributed by atoms with Crippen molar-refractivity contribution >= 4 is 28.1 Å². The summed E-state index contributed by atoms with van der Waals surface area (Å²) >= 11 is 0. The van der Waals surface area contributed by atoms with Crippen LogP contribution in [0.2, 0.25) is 0 Å².